The van der Waals surface area contributed by atoms with Crippen LogP contribution in [0, 0.1) is 0 Å². The summed E-state index contributed by atoms with van der Waals surface area (Å²) in [7, 11) is 0. The van der Waals surface area contributed by atoms with Crippen LogP contribution in [-0.2, 0) is 9.53 Å². The van der Waals surface area contributed by atoms with Gasteiger partial charge < -0.3 is 15.2 Å². The van der Waals surface area contributed by atoms with Crippen LogP contribution in [0.25, 0.3) is 11.1 Å². The molecular formula is C19H19NO4S. The number of benzene rings is 2. The van der Waals surface area contributed by atoms with E-state index in [4.69, 9.17) is 4.74 Å². The summed E-state index contributed by atoms with van der Waals surface area (Å²) in [6.45, 7) is 1.55. The summed E-state index contributed by atoms with van der Waals surface area (Å²) in [5.41, 5.74) is 4.49. The van der Waals surface area contributed by atoms with Gasteiger partial charge in [0.2, 0.25) is 5.12 Å². The number of thiol groups is 1. The second-order valence-electron chi connectivity index (χ2n) is 6.03. The van der Waals surface area contributed by atoms with Crippen LogP contribution in [-0.4, -0.2) is 35.1 Å². The largest absolute Gasteiger partial charge is 0.449 e. The first-order valence-electron chi connectivity index (χ1n) is 8.01. The molecule has 2 aromatic rings. The smallest absolute Gasteiger partial charge is 0.407 e. The Hall–Kier alpha value is -2.31. The molecule has 2 N–H and O–H groups in total. The lowest BCUT2D eigenvalue weighted by Crippen LogP contribution is -2.46. The fraction of sp³-hybridized carbons (Fsp3) is 0.263. The van der Waals surface area contributed by atoms with Crippen molar-refractivity contribution in [1.82, 2.24) is 5.32 Å². The molecule has 5 nitrogen and oxygen atoms in total. The molecule has 0 spiro atoms. The van der Waals surface area contributed by atoms with E-state index in [1.165, 1.54) is 6.92 Å². The van der Waals surface area contributed by atoms with Crippen LogP contribution in [0.4, 0.5) is 4.79 Å². The predicted molar refractivity (Wildman–Crippen MR) is 97.7 cm³/mol. The molecule has 6 heteroatoms. The average Bonchev–Trinajstić information content (AvgIpc) is 2.91. The van der Waals surface area contributed by atoms with E-state index in [-0.39, 0.29) is 12.5 Å². The number of ether oxygens (including phenoxy) is 1. The van der Waals surface area contributed by atoms with E-state index < -0.39 is 23.4 Å². The standard InChI is InChI=1S/C19H19NO4S/c1-11(21)17(18(22)25)20-19(23)24-10-16-14-8-4-2-6-12(14)13-7-3-5-9-15(13)16/h2-9,11,16-17,21H,10H2,1H3,(H,20,23)(H,22,25)/t11-,17+/m1/s1. The fourth-order valence-corrected chi connectivity index (χ4v) is 3.44. The summed E-state index contributed by atoms with van der Waals surface area (Å²) in [6, 6.07) is 14.9. The molecule has 0 aliphatic heterocycles. The Morgan fingerprint density at radius 3 is 2.12 bits per heavy atom. The van der Waals surface area contributed by atoms with Crippen molar-refractivity contribution in [3.63, 3.8) is 0 Å². The monoisotopic (exact) mass is 357 g/mol. The second-order valence-corrected chi connectivity index (χ2v) is 6.47. The van der Waals surface area contributed by atoms with Gasteiger partial charge in [0.25, 0.3) is 0 Å². The molecule has 0 radical (unpaired) electrons. The highest BCUT2D eigenvalue weighted by atomic mass is 32.1. The molecular weight excluding hydrogens is 338 g/mol. The zero-order valence-electron chi connectivity index (χ0n) is 13.7. The predicted octanol–water partition coefficient (Wildman–Crippen LogP) is 2.73. The quantitative estimate of drug-likeness (QED) is 0.719. The lowest BCUT2D eigenvalue weighted by molar-refractivity contribution is -0.114. The number of aliphatic hydroxyl groups is 1. The topological polar surface area (TPSA) is 75.6 Å². The van der Waals surface area contributed by atoms with Gasteiger partial charge in [-0.05, 0) is 29.2 Å². The van der Waals surface area contributed by atoms with Gasteiger partial charge >= 0.3 is 6.09 Å². The molecule has 0 heterocycles. The number of aliphatic hydroxyl groups excluding tert-OH is 1. The van der Waals surface area contributed by atoms with Gasteiger partial charge in [-0.1, -0.05) is 48.5 Å². The first kappa shape index (κ1) is 17.5. The van der Waals surface area contributed by atoms with Crippen LogP contribution in [0.15, 0.2) is 48.5 Å². The Kier molecular flexibility index (Phi) is 5.11. The SMILES string of the molecule is C[C@@H](O)[C@H](NC(=O)OCC1c2ccccc2-c2ccccc21)C(=O)S. The van der Waals surface area contributed by atoms with Gasteiger partial charge in [-0.3, -0.25) is 4.79 Å². The number of hydrogen-bond acceptors (Lipinski definition) is 4. The summed E-state index contributed by atoms with van der Waals surface area (Å²) < 4.78 is 5.32. The number of carbonyl (C=O) groups excluding carboxylic acids is 2. The number of nitrogens with one attached hydrogen (secondary N) is 1. The maximum absolute atomic E-state index is 12.0. The number of rotatable bonds is 5. The molecule has 130 valence electrons. The van der Waals surface area contributed by atoms with Gasteiger partial charge in [0.15, 0.2) is 0 Å². The van der Waals surface area contributed by atoms with Gasteiger partial charge in [-0.15, -0.1) is 12.6 Å². The van der Waals surface area contributed by atoms with Gasteiger partial charge in [-0.2, -0.15) is 0 Å². The number of alkyl carbamates (subject to hydrolysis) is 1. The highest BCUT2D eigenvalue weighted by Gasteiger charge is 2.30. The molecule has 1 amide bonds. The average molecular weight is 357 g/mol. The Bertz CT molecular complexity index is 760. The Balaban J connectivity index is 1.73. The molecule has 2 atom stereocenters. The van der Waals surface area contributed by atoms with Crippen molar-refractivity contribution in [3.05, 3.63) is 59.7 Å². The zero-order valence-corrected chi connectivity index (χ0v) is 14.6. The summed E-state index contributed by atoms with van der Waals surface area (Å²) in [5.74, 6) is -0.0603. The first-order valence-corrected chi connectivity index (χ1v) is 8.46. The van der Waals surface area contributed by atoms with Gasteiger partial charge in [0.1, 0.15) is 12.6 Å². The van der Waals surface area contributed by atoms with Crippen molar-refractivity contribution in [2.75, 3.05) is 6.61 Å². The highest BCUT2D eigenvalue weighted by Crippen LogP contribution is 2.44. The van der Waals surface area contributed by atoms with E-state index in [0.29, 0.717) is 0 Å². The van der Waals surface area contributed by atoms with Crippen LogP contribution in [0.3, 0.4) is 0 Å². The third-order valence-corrected chi connectivity index (χ3v) is 4.64. The summed E-state index contributed by atoms with van der Waals surface area (Å²) >= 11 is 3.67. The number of carbonyl (C=O) groups is 2. The maximum Gasteiger partial charge on any atom is 0.407 e. The molecule has 3 rings (SSSR count). The highest BCUT2D eigenvalue weighted by molar-refractivity contribution is 7.96. The normalized spacial score (nSPS) is 15.0. The Morgan fingerprint density at radius 2 is 1.64 bits per heavy atom. The van der Waals surface area contributed by atoms with Crippen molar-refractivity contribution in [2.24, 2.45) is 0 Å². The van der Waals surface area contributed by atoms with Crippen molar-refractivity contribution < 1.29 is 19.4 Å². The minimum Gasteiger partial charge on any atom is -0.449 e. The molecule has 0 fully saturated rings. The Morgan fingerprint density at radius 1 is 1.12 bits per heavy atom. The summed E-state index contributed by atoms with van der Waals surface area (Å²) in [5, 5.41) is 11.3. The molecule has 2 aromatic carbocycles. The van der Waals surface area contributed by atoms with Crippen molar-refractivity contribution in [2.45, 2.75) is 25.0 Å². The zero-order chi connectivity index (χ0) is 18.0. The van der Waals surface area contributed by atoms with Gasteiger partial charge in [0, 0.05) is 5.92 Å². The Labute approximate surface area is 151 Å². The molecule has 25 heavy (non-hydrogen) atoms. The van der Waals surface area contributed by atoms with Crippen LogP contribution in [0.2, 0.25) is 0 Å². The number of amides is 1. The molecule has 0 saturated heterocycles. The van der Waals surface area contributed by atoms with Gasteiger partial charge in [0.05, 0.1) is 6.10 Å². The van der Waals surface area contributed by atoms with Crippen molar-refractivity contribution in [3.8, 4) is 11.1 Å². The molecule has 0 bridgehead atoms. The fourth-order valence-electron chi connectivity index (χ4n) is 3.16. The van der Waals surface area contributed by atoms with Crippen LogP contribution < -0.4 is 5.32 Å². The minimum absolute atomic E-state index is 0.0603. The lowest BCUT2D eigenvalue weighted by Gasteiger charge is -2.19. The van der Waals surface area contributed by atoms with Crippen LogP contribution in [0.5, 0.6) is 0 Å². The van der Waals surface area contributed by atoms with Crippen LogP contribution >= 0.6 is 12.6 Å². The summed E-state index contributed by atoms with van der Waals surface area (Å²) in [6.07, 6.45) is -1.80. The van der Waals surface area contributed by atoms with Crippen LogP contribution in [0.1, 0.15) is 24.0 Å². The third-order valence-electron chi connectivity index (χ3n) is 4.37. The maximum atomic E-state index is 12.0. The lowest BCUT2D eigenvalue weighted by atomic mass is 9.98. The van der Waals surface area contributed by atoms with E-state index in [1.807, 2.05) is 36.4 Å². The van der Waals surface area contributed by atoms with E-state index in [1.54, 1.807) is 0 Å². The first-order chi connectivity index (χ1) is 12.0. The van der Waals surface area contributed by atoms with Crippen molar-refractivity contribution >= 4 is 23.8 Å². The molecule has 0 saturated carbocycles. The number of hydrogen-bond donors (Lipinski definition) is 3. The molecule has 0 aromatic heterocycles. The van der Waals surface area contributed by atoms with Gasteiger partial charge in [-0.25, -0.2) is 4.79 Å². The molecule has 1 aliphatic rings. The van der Waals surface area contributed by atoms with E-state index in [9.17, 15) is 14.7 Å². The van der Waals surface area contributed by atoms with Crippen molar-refractivity contribution in [1.29, 1.82) is 0 Å². The second kappa shape index (κ2) is 7.29. The third kappa shape index (κ3) is 3.55. The van der Waals surface area contributed by atoms with E-state index in [2.05, 4.69) is 30.1 Å². The van der Waals surface area contributed by atoms with E-state index in [0.717, 1.165) is 22.3 Å². The molecule has 0 unspecified atom stereocenters. The molecule has 1 aliphatic carbocycles. The van der Waals surface area contributed by atoms with E-state index >= 15 is 0 Å². The number of fused-ring (bicyclic) bond motifs is 3. The summed E-state index contributed by atoms with van der Waals surface area (Å²) in [4.78, 5) is 23.4. The minimum atomic E-state index is -1.10.